The van der Waals surface area contributed by atoms with Gasteiger partial charge in [0.05, 0.1) is 7.11 Å². The van der Waals surface area contributed by atoms with Crippen LogP contribution in [0.25, 0.3) is 21.8 Å². The number of amides is 1. The first-order chi connectivity index (χ1) is 12.1. The number of nitrogens with one attached hydrogen (secondary N) is 2. The molecule has 5 nitrogen and oxygen atoms in total. The smallest absolute Gasteiger partial charge is 0.244 e. The molecule has 0 atom stereocenters. The van der Waals surface area contributed by atoms with E-state index in [0.717, 1.165) is 38.9 Å². The lowest BCUT2D eigenvalue weighted by Crippen LogP contribution is -2.18. The van der Waals surface area contributed by atoms with Crippen LogP contribution in [0.1, 0.15) is 5.69 Å². The number of ether oxygens (including phenoxy) is 1. The van der Waals surface area contributed by atoms with Crippen LogP contribution >= 0.6 is 0 Å². The van der Waals surface area contributed by atoms with Crippen molar-refractivity contribution in [1.82, 2.24) is 9.55 Å². The van der Waals surface area contributed by atoms with Gasteiger partial charge >= 0.3 is 0 Å². The van der Waals surface area contributed by atoms with E-state index in [9.17, 15) is 4.79 Å². The monoisotopic (exact) mass is 333 g/mol. The molecule has 4 rings (SSSR count). The van der Waals surface area contributed by atoms with Crippen molar-refractivity contribution in [3.05, 3.63) is 60.4 Å². The van der Waals surface area contributed by atoms with E-state index in [1.807, 2.05) is 60.2 Å². The Morgan fingerprint density at radius 2 is 2.00 bits per heavy atom. The third-order valence-corrected chi connectivity index (χ3v) is 4.33. The maximum atomic E-state index is 12.4. The summed E-state index contributed by atoms with van der Waals surface area (Å²) in [6.45, 7) is 2.28. The molecule has 2 aromatic heterocycles. The number of carbonyl (C=O) groups is 1. The Hall–Kier alpha value is -3.21. The van der Waals surface area contributed by atoms with E-state index in [4.69, 9.17) is 4.74 Å². The molecule has 4 aromatic rings. The van der Waals surface area contributed by atoms with E-state index < -0.39 is 0 Å². The summed E-state index contributed by atoms with van der Waals surface area (Å²) in [6, 6.07) is 15.8. The number of anilines is 1. The highest BCUT2D eigenvalue weighted by atomic mass is 16.5. The summed E-state index contributed by atoms with van der Waals surface area (Å²) in [5.41, 5.74) is 3.98. The molecule has 0 unspecified atom stereocenters. The minimum atomic E-state index is -0.0556. The molecule has 0 saturated carbocycles. The van der Waals surface area contributed by atoms with Gasteiger partial charge in [-0.25, -0.2) is 0 Å². The number of rotatable bonds is 4. The fraction of sp³-hybridized carbons (Fsp3) is 0.150. The van der Waals surface area contributed by atoms with Crippen LogP contribution in [-0.2, 0) is 11.3 Å². The van der Waals surface area contributed by atoms with Crippen LogP contribution in [0.5, 0.6) is 5.75 Å². The van der Waals surface area contributed by atoms with Gasteiger partial charge in [-0.3, -0.25) is 4.79 Å². The molecule has 0 radical (unpaired) electrons. The lowest BCUT2D eigenvalue weighted by molar-refractivity contribution is -0.116. The summed E-state index contributed by atoms with van der Waals surface area (Å²) < 4.78 is 7.17. The van der Waals surface area contributed by atoms with E-state index >= 15 is 0 Å². The maximum absolute atomic E-state index is 12.4. The van der Waals surface area contributed by atoms with E-state index in [0.29, 0.717) is 0 Å². The molecule has 0 aliphatic heterocycles. The van der Waals surface area contributed by atoms with Gasteiger partial charge in [-0.1, -0.05) is 0 Å². The predicted octanol–water partition coefficient (Wildman–Crippen LogP) is 4.08. The number of benzene rings is 2. The maximum Gasteiger partial charge on any atom is 0.244 e. The summed E-state index contributed by atoms with van der Waals surface area (Å²) in [4.78, 5) is 15.7. The zero-order valence-electron chi connectivity index (χ0n) is 14.2. The Morgan fingerprint density at radius 3 is 2.84 bits per heavy atom. The molecule has 0 aliphatic rings. The van der Waals surface area contributed by atoms with E-state index in [-0.39, 0.29) is 12.5 Å². The van der Waals surface area contributed by atoms with E-state index in [1.165, 1.54) is 0 Å². The average Bonchev–Trinajstić information content (AvgIpc) is 3.16. The Labute approximate surface area is 145 Å². The molecule has 5 heteroatoms. The second-order valence-electron chi connectivity index (χ2n) is 6.17. The Morgan fingerprint density at radius 1 is 1.12 bits per heavy atom. The first-order valence-corrected chi connectivity index (χ1v) is 8.14. The topological polar surface area (TPSA) is 59.0 Å². The van der Waals surface area contributed by atoms with Crippen molar-refractivity contribution in [2.75, 3.05) is 12.4 Å². The van der Waals surface area contributed by atoms with Crippen molar-refractivity contribution in [1.29, 1.82) is 0 Å². The highest BCUT2D eigenvalue weighted by molar-refractivity contribution is 5.94. The van der Waals surface area contributed by atoms with E-state index in [1.54, 1.807) is 7.11 Å². The summed E-state index contributed by atoms with van der Waals surface area (Å²) >= 11 is 0. The van der Waals surface area contributed by atoms with Gasteiger partial charge in [0.15, 0.2) is 0 Å². The lowest BCUT2D eigenvalue weighted by atomic mass is 10.2. The van der Waals surface area contributed by atoms with Crippen molar-refractivity contribution in [2.45, 2.75) is 13.5 Å². The van der Waals surface area contributed by atoms with Crippen molar-refractivity contribution in [3.8, 4) is 5.75 Å². The van der Waals surface area contributed by atoms with Crippen LogP contribution in [0.3, 0.4) is 0 Å². The lowest BCUT2D eigenvalue weighted by Gasteiger charge is -2.08. The first kappa shape index (κ1) is 15.3. The second-order valence-corrected chi connectivity index (χ2v) is 6.17. The van der Waals surface area contributed by atoms with Crippen LogP contribution in [0.4, 0.5) is 5.69 Å². The van der Waals surface area contributed by atoms with Crippen molar-refractivity contribution in [3.63, 3.8) is 0 Å². The van der Waals surface area contributed by atoms with Gasteiger partial charge in [-0.2, -0.15) is 0 Å². The van der Waals surface area contributed by atoms with Crippen molar-refractivity contribution in [2.24, 2.45) is 0 Å². The molecule has 2 heterocycles. The number of nitrogens with zero attached hydrogens (tertiary/aromatic N) is 1. The van der Waals surface area contributed by atoms with Crippen molar-refractivity contribution >= 4 is 33.4 Å². The van der Waals surface area contributed by atoms with Gasteiger partial charge < -0.3 is 19.6 Å². The molecule has 0 spiro atoms. The third kappa shape index (κ3) is 2.96. The fourth-order valence-corrected chi connectivity index (χ4v) is 3.15. The van der Waals surface area contributed by atoms with Crippen LogP contribution in [0.15, 0.2) is 54.7 Å². The van der Waals surface area contributed by atoms with Gasteiger partial charge in [0.2, 0.25) is 5.91 Å². The van der Waals surface area contributed by atoms with Gasteiger partial charge in [0, 0.05) is 39.4 Å². The number of aryl methyl sites for hydroxylation is 1. The molecular formula is C20H19N3O2. The molecular weight excluding hydrogens is 314 g/mol. The quantitative estimate of drug-likeness (QED) is 0.591. The first-order valence-electron chi connectivity index (χ1n) is 8.14. The van der Waals surface area contributed by atoms with Crippen molar-refractivity contribution < 1.29 is 9.53 Å². The molecule has 0 bridgehead atoms. The standard InChI is InChI=1S/C20H19N3O2/c1-13-9-15-10-16(3-5-18(15)21-13)22-20(24)12-23-8-7-14-11-17(25-2)4-6-19(14)23/h3-11,21H,12H2,1-2H3,(H,22,24). The number of H-pyrrole nitrogens is 1. The molecule has 1 amide bonds. The van der Waals surface area contributed by atoms with Gasteiger partial charge in [0.25, 0.3) is 0 Å². The molecule has 0 aliphatic carbocycles. The SMILES string of the molecule is COc1ccc2c(ccn2CC(=O)Nc2ccc3[nH]c(C)cc3c2)c1. The zero-order valence-corrected chi connectivity index (χ0v) is 14.2. The van der Waals surface area contributed by atoms with Crippen LogP contribution in [-0.4, -0.2) is 22.6 Å². The number of carbonyl (C=O) groups excluding carboxylic acids is 1. The number of methoxy groups -OCH3 is 1. The van der Waals surface area contributed by atoms with Gasteiger partial charge in [-0.15, -0.1) is 0 Å². The number of hydrogen-bond acceptors (Lipinski definition) is 2. The highest BCUT2D eigenvalue weighted by Gasteiger charge is 2.08. The minimum absolute atomic E-state index is 0.0556. The zero-order chi connectivity index (χ0) is 17.4. The Kier molecular flexibility index (Phi) is 3.69. The summed E-state index contributed by atoms with van der Waals surface area (Å²) in [7, 11) is 1.65. The number of aromatic nitrogens is 2. The Bertz CT molecular complexity index is 1080. The fourth-order valence-electron chi connectivity index (χ4n) is 3.15. The largest absolute Gasteiger partial charge is 0.497 e. The second kappa shape index (κ2) is 6.02. The summed E-state index contributed by atoms with van der Waals surface area (Å²) in [5, 5.41) is 5.11. The summed E-state index contributed by atoms with van der Waals surface area (Å²) in [5.74, 6) is 0.754. The summed E-state index contributed by atoms with van der Waals surface area (Å²) in [6.07, 6.45) is 1.92. The normalized spacial score (nSPS) is 11.1. The molecule has 2 N–H and O–H groups in total. The average molecular weight is 333 g/mol. The number of hydrogen-bond donors (Lipinski definition) is 2. The molecule has 25 heavy (non-hydrogen) atoms. The highest BCUT2D eigenvalue weighted by Crippen LogP contribution is 2.22. The molecule has 126 valence electrons. The Balaban J connectivity index is 1.53. The van der Waals surface area contributed by atoms with E-state index in [2.05, 4.69) is 16.4 Å². The third-order valence-electron chi connectivity index (χ3n) is 4.33. The molecule has 0 fully saturated rings. The predicted molar refractivity (Wildman–Crippen MR) is 100 cm³/mol. The van der Waals surface area contributed by atoms with Crippen LogP contribution in [0.2, 0.25) is 0 Å². The minimum Gasteiger partial charge on any atom is -0.497 e. The van der Waals surface area contributed by atoms with Gasteiger partial charge in [0.1, 0.15) is 12.3 Å². The number of aromatic amines is 1. The molecule has 2 aromatic carbocycles. The van der Waals surface area contributed by atoms with Crippen LogP contribution < -0.4 is 10.1 Å². The number of fused-ring (bicyclic) bond motifs is 2. The molecule has 0 saturated heterocycles. The van der Waals surface area contributed by atoms with Gasteiger partial charge in [-0.05, 0) is 55.5 Å². The van der Waals surface area contributed by atoms with Crippen LogP contribution in [0, 0.1) is 6.92 Å².